The first-order chi connectivity index (χ1) is 18.9. The van der Waals surface area contributed by atoms with Gasteiger partial charge in [-0.05, 0) is 68.9 Å². The lowest BCUT2D eigenvalue weighted by Gasteiger charge is -2.18. The van der Waals surface area contributed by atoms with Crippen molar-refractivity contribution in [3.63, 3.8) is 0 Å². The largest absolute Gasteiger partial charge is 0.456 e. The fourth-order valence-electron chi connectivity index (χ4n) is 5.09. The van der Waals surface area contributed by atoms with Crippen LogP contribution in [0, 0.1) is 13.8 Å². The molecule has 200 valence electrons. The average molecular weight is 523 g/mol. The van der Waals surface area contributed by atoms with Crippen molar-refractivity contribution in [3.05, 3.63) is 88.7 Å². The van der Waals surface area contributed by atoms with E-state index in [2.05, 4.69) is 34.4 Å². The summed E-state index contributed by atoms with van der Waals surface area (Å²) in [4.78, 5) is 31.6. The number of nitrogens with zero attached hydrogens (tertiary/aromatic N) is 1. The molecule has 0 saturated heterocycles. The number of nitrogens with one attached hydrogen (secondary N) is 3. The molecule has 0 radical (unpaired) electrons. The van der Waals surface area contributed by atoms with Gasteiger partial charge in [0.2, 0.25) is 0 Å². The summed E-state index contributed by atoms with van der Waals surface area (Å²) >= 11 is 0. The molecule has 0 unspecified atom stereocenters. The number of hydrogen-bond donors (Lipinski definition) is 3. The van der Waals surface area contributed by atoms with Crippen molar-refractivity contribution in [2.24, 2.45) is 0 Å². The van der Waals surface area contributed by atoms with Crippen molar-refractivity contribution in [2.45, 2.75) is 27.7 Å². The van der Waals surface area contributed by atoms with Crippen LogP contribution in [0.1, 0.15) is 46.7 Å². The van der Waals surface area contributed by atoms with Crippen LogP contribution in [-0.2, 0) is 4.79 Å². The van der Waals surface area contributed by atoms with E-state index in [1.54, 1.807) is 0 Å². The smallest absolute Gasteiger partial charge is 0.256 e. The van der Waals surface area contributed by atoms with E-state index in [-0.39, 0.29) is 11.8 Å². The number of rotatable bonds is 9. The van der Waals surface area contributed by atoms with Crippen LogP contribution in [0.2, 0.25) is 0 Å². The van der Waals surface area contributed by atoms with Crippen LogP contribution in [0.3, 0.4) is 0 Å². The first-order valence-corrected chi connectivity index (χ1v) is 13.4. The van der Waals surface area contributed by atoms with Crippen molar-refractivity contribution in [1.29, 1.82) is 0 Å². The Labute approximate surface area is 228 Å². The van der Waals surface area contributed by atoms with Crippen molar-refractivity contribution >= 4 is 29.2 Å². The molecule has 0 spiro atoms. The van der Waals surface area contributed by atoms with E-state index in [9.17, 15) is 9.59 Å². The maximum absolute atomic E-state index is 13.0. The number of benzene rings is 2. The highest BCUT2D eigenvalue weighted by Gasteiger charge is 2.26. The number of furan rings is 1. The minimum Gasteiger partial charge on any atom is -0.456 e. The Hall–Kier alpha value is -4.36. The van der Waals surface area contributed by atoms with Gasteiger partial charge in [0, 0.05) is 46.9 Å². The molecule has 3 N–H and O–H groups in total. The minimum atomic E-state index is -0.177. The molecule has 2 aromatic heterocycles. The molecule has 5 rings (SSSR count). The minimum absolute atomic E-state index is 0.108. The van der Waals surface area contributed by atoms with Crippen LogP contribution >= 0.6 is 0 Å². The van der Waals surface area contributed by atoms with Crippen LogP contribution in [-0.4, -0.2) is 47.9 Å². The predicted molar refractivity (Wildman–Crippen MR) is 156 cm³/mol. The number of anilines is 1. The van der Waals surface area contributed by atoms with E-state index >= 15 is 0 Å². The number of fused-ring (bicyclic) bond motifs is 1. The van der Waals surface area contributed by atoms with Crippen LogP contribution in [0.25, 0.3) is 34.3 Å². The number of aryl methyl sites for hydroxylation is 1. The van der Waals surface area contributed by atoms with Gasteiger partial charge < -0.3 is 24.9 Å². The fraction of sp³-hybridized carbons (Fsp3) is 0.250. The van der Waals surface area contributed by atoms with E-state index in [4.69, 9.17) is 4.42 Å². The molecular formula is C32H34N4O3. The van der Waals surface area contributed by atoms with Crippen molar-refractivity contribution < 1.29 is 14.0 Å². The molecule has 1 aliphatic rings. The molecule has 2 amide bonds. The van der Waals surface area contributed by atoms with Crippen molar-refractivity contribution in [2.75, 3.05) is 31.5 Å². The summed E-state index contributed by atoms with van der Waals surface area (Å²) in [5.74, 6) is 1.23. The lowest BCUT2D eigenvalue weighted by atomic mass is 10.0. The number of aromatic nitrogens is 1. The standard InChI is InChI=1S/C32H34N4O3/c1-5-36(6-2)17-16-33-32(38)30-20(3)27(34-21(30)4)19-25-24-18-23(12-13-26(24)35-31(25)37)29-15-14-28(39-29)22-10-8-7-9-11-22/h7-15,18-19,34H,5-6,16-17H2,1-4H3,(H,33,38)(H,35,37)/b25-19-. The Bertz CT molecular complexity index is 1540. The van der Waals surface area contributed by atoms with Crippen LogP contribution < -0.4 is 10.6 Å². The molecule has 0 atom stereocenters. The summed E-state index contributed by atoms with van der Waals surface area (Å²) in [5, 5.41) is 5.99. The Morgan fingerprint density at radius 3 is 2.41 bits per heavy atom. The fourth-order valence-corrected chi connectivity index (χ4v) is 5.09. The maximum Gasteiger partial charge on any atom is 0.256 e. The first-order valence-electron chi connectivity index (χ1n) is 13.4. The van der Waals surface area contributed by atoms with Gasteiger partial charge >= 0.3 is 0 Å². The number of H-pyrrole nitrogens is 1. The van der Waals surface area contributed by atoms with E-state index < -0.39 is 0 Å². The topological polar surface area (TPSA) is 90.4 Å². The summed E-state index contributed by atoms with van der Waals surface area (Å²) in [7, 11) is 0. The van der Waals surface area contributed by atoms with Crippen molar-refractivity contribution in [1.82, 2.24) is 15.2 Å². The van der Waals surface area contributed by atoms with E-state index in [0.717, 1.165) is 70.5 Å². The van der Waals surface area contributed by atoms with Gasteiger partial charge in [-0.1, -0.05) is 44.2 Å². The molecule has 0 aliphatic carbocycles. The number of likely N-dealkylation sites (N-methyl/N-ethyl adjacent to an activating group) is 1. The zero-order valence-corrected chi connectivity index (χ0v) is 22.9. The number of aromatic amines is 1. The summed E-state index contributed by atoms with van der Waals surface area (Å²) in [6, 6.07) is 19.7. The van der Waals surface area contributed by atoms with E-state index in [0.29, 0.717) is 17.7 Å². The SMILES string of the molecule is CCN(CC)CCNC(=O)c1c(C)[nH]c(/C=C2\C(=O)Nc3ccc(-c4ccc(-c5ccccc5)o4)cc32)c1C. The molecule has 3 heterocycles. The monoisotopic (exact) mass is 522 g/mol. The Balaban J connectivity index is 1.41. The average Bonchev–Trinajstić information content (AvgIpc) is 3.63. The predicted octanol–water partition coefficient (Wildman–Crippen LogP) is 6.12. The number of carbonyl (C=O) groups is 2. The molecule has 7 nitrogen and oxygen atoms in total. The summed E-state index contributed by atoms with van der Waals surface area (Å²) in [6.07, 6.45) is 1.83. The lowest BCUT2D eigenvalue weighted by molar-refractivity contribution is -0.110. The third kappa shape index (κ3) is 5.31. The van der Waals surface area contributed by atoms with Crippen LogP contribution in [0.15, 0.2) is 65.1 Å². The maximum atomic E-state index is 13.0. The van der Waals surface area contributed by atoms with Gasteiger partial charge in [-0.25, -0.2) is 0 Å². The van der Waals surface area contributed by atoms with Gasteiger partial charge in [0.1, 0.15) is 11.5 Å². The normalized spacial score (nSPS) is 13.7. The van der Waals surface area contributed by atoms with Crippen molar-refractivity contribution in [3.8, 4) is 22.6 Å². The molecule has 0 saturated carbocycles. The first kappa shape index (κ1) is 26.3. The van der Waals surface area contributed by atoms with Gasteiger partial charge in [0.25, 0.3) is 11.8 Å². The van der Waals surface area contributed by atoms with Gasteiger partial charge in [0.15, 0.2) is 0 Å². The second-order valence-electron chi connectivity index (χ2n) is 9.75. The summed E-state index contributed by atoms with van der Waals surface area (Å²) in [5.41, 5.74) is 6.94. The highest BCUT2D eigenvalue weighted by molar-refractivity contribution is 6.35. The molecule has 0 bridgehead atoms. The van der Waals surface area contributed by atoms with Gasteiger partial charge in [0.05, 0.1) is 11.1 Å². The van der Waals surface area contributed by atoms with Crippen LogP contribution in [0.5, 0.6) is 0 Å². The van der Waals surface area contributed by atoms with Gasteiger partial charge in [-0.15, -0.1) is 0 Å². The summed E-state index contributed by atoms with van der Waals surface area (Å²) in [6.45, 7) is 11.3. The molecule has 0 fully saturated rings. The Kier molecular flexibility index (Phi) is 7.52. The number of hydrogen-bond acceptors (Lipinski definition) is 4. The second-order valence-corrected chi connectivity index (χ2v) is 9.75. The lowest BCUT2D eigenvalue weighted by Crippen LogP contribution is -2.35. The number of carbonyl (C=O) groups excluding carboxylic acids is 2. The zero-order chi connectivity index (χ0) is 27.5. The quantitative estimate of drug-likeness (QED) is 0.231. The molecule has 39 heavy (non-hydrogen) atoms. The third-order valence-corrected chi connectivity index (χ3v) is 7.35. The Morgan fingerprint density at radius 1 is 0.974 bits per heavy atom. The highest BCUT2D eigenvalue weighted by atomic mass is 16.3. The molecular weight excluding hydrogens is 488 g/mol. The molecule has 1 aliphatic heterocycles. The van der Waals surface area contributed by atoms with Gasteiger partial charge in [-0.2, -0.15) is 0 Å². The molecule has 2 aromatic carbocycles. The van der Waals surface area contributed by atoms with Crippen LogP contribution in [0.4, 0.5) is 5.69 Å². The van der Waals surface area contributed by atoms with Gasteiger partial charge in [-0.3, -0.25) is 9.59 Å². The molecule has 7 heteroatoms. The molecule has 4 aromatic rings. The Morgan fingerprint density at radius 2 is 1.69 bits per heavy atom. The zero-order valence-electron chi connectivity index (χ0n) is 22.9. The highest BCUT2D eigenvalue weighted by Crippen LogP contribution is 2.38. The summed E-state index contributed by atoms with van der Waals surface area (Å²) < 4.78 is 6.14. The van der Waals surface area contributed by atoms with E-state index in [1.807, 2.05) is 80.6 Å². The second kappa shape index (κ2) is 11.2. The third-order valence-electron chi connectivity index (χ3n) is 7.35. The van der Waals surface area contributed by atoms with E-state index in [1.165, 1.54) is 0 Å². The number of amides is 2.